The number of hydrogen-bond acceptors (Lipinski definition) is 4. The van der Waals surface area contributed by atoms with Crippen LogP contribution in [-0.2, 0) is 16.0 Å². The summed E-state index contributed by atoms with van der Waals surface area (Å²) in [5.74, 6) is 0.277. The van der Waals surface area contributed by atoms with E-state index in [2.05, 4.69) is 5.32 Å². The quantitative estimate of drug-likeness (QED) is 0.686. The summed E-state index contributed by atoms with van der Waals surface area (Å²) in [6.07, 6.45) is 2.82. The first-order valence-corrected chi connectivity index (χ1v) is 7.35. The molecule has 1 atom stereocenters. The van der Waals surface area contributed by atoms with Crippen molar-refractivity contribution < 1.29 is 9.59 Å². The molecule has 2 amide bonds. The van der Waals surface area contributed by atoms with E-state index >= 15 is 0 Å². The second-order valence-corrected chi connectivity index (χ2v) is 5.20. The van der Waals surface area contributed by atoms with E-state index in [-0.39, 0.29) is 18.2 Å². The summed E-state index contributed by atoms with van der Waals surface area (Å²) >= 11 is 1.66. The highest BCUT2D eigenvalue weighted by atomic mass is 32.2. The fraction of sp³-hybridized carbons (Fsp3) is 0.385. The minimum atomic E-state index is -0.502. The second kappa shape index (κ2) is 7.81. The van der Waals surface area contributed by atoms with Crippen molar-refractivity contribution in [2.24, 2.45) is 11.5 Å². The van der Waals surface area contributed by atoms with Gasteiger partial charge >= 0.3 is 0 Å². The topological polar surface area (TPSA) is 98.2 Å². The monoisotopic (exact) mass is 281 g/mol. The molecule has 6 heteroatoms. The Labute approximate surface area is 117 Å². The molecule has 5 N–H and O–H groups in total. The van der Waals surface area contributed by atoms with Gasteiger partial charge in [-0.1, -0.05) is 12.1 Å². The number of carbonyl (C=O) groups excluding carboxylic acids is 2. The van der Waals surface area contributed by atoms with Crippen molar-refractivity contribution >= 4 is 29.3 Å². The number of primary amides is 1. The number of carbonyl (C=O) groups is 2. The lowest BCUT2D eigenvalue weighted by Crippen LogP contribution is -2.36. The van der Waals surface area contributed by atoms with Crippen molar-refractivity contribution in [3.8, 4) is 0 Å². The number of nitrogens with two attached hydrogens (primary N) is 2. The van der Waals surface area contributed by atoms with Gasteiger partial charge in [-0.15, -0.1) is 0 Å². The summed E-state index contributed by atoms with van der Waals surface area (Å²) in [5, 5.41) is 2.74. The van der Waals surface area contributed by atoms with Crippen LogP contribution < -0.4 is 16.8 Å². The zero-order chi connectivity index (χ0) is 14.3. The largest absolute Gasteiger partial charge is 0.369 e. The maximum absolute atomic E-state index is 11.8. The second-order valence-electron chi connectivity index (χ2n) is 4.22. The Kier molecular flexibility index (Phi) is 6.38. The van der Waals surface area contributed by atoms with Crippen LogP contribution in [0.2, 0.25) is 0 Å². The van der Waals surface area contributed by atoms with Gasteiger partial charge in [0.15, 0.2) is 0 Å². The number of rotatable bonds is 7. The number of anilines is 1. The first-order valence-electron chi connectivity index (χ1n) is 5.95. The van der Waals surface area contributed by atoms with Gasteiger partial charge in [0.1, 0.15) is 0 Å². The van der Waals surface area contributed by atoms with Crippen molar-refractivity contribution in [1.29, 1.82) is 0 Å². The Morgan fingerprint density at radius 1 is 1.32 bits per heavy atom. The van der Waals surface area contributed by atoms with Crippen molar-refractivity contribution in [3.05, 3.63) is 29.8 Å². The molecule has 0 unspecified atom stereocenters. The van der Waals surface area contributed by atoms with Gasteiger partial charge in [-0.2, -0.15) is 11.8 Å². The van der Waals surface area contributed by atoms with Crippen molar-refractivity contribution in [1.82, 2.24) is 0 Å². The maximum atomic E-state index is 11.8. The summed E-state index contributed by atoms with van der Waals surface area (Å²) in [4.78, 5) is 22.5. The standard InChI is InChI=1S/C13H19N3O2S/c1-19-7-6-11(14)13(18)16-10-4-2-9(3-5-10)8-12(15)17/h2-5,11H,6-8,14H2,1H3,(H2,15,17)(H,16,18)/t11-/m0/s1. The molecule has 0 spiro atoms. The van der Waals surface area contributed by atoms with Crippen molar-refractivity contribution in [2.45, 2.75) is 18.9 Å². The first-order chi connectivity index (χ1) is 9.02. The van der Waals surface area contributed by atoms with E-state index in [1.165, 1.54) is 0 Å². The van der Waals surface area contributed by atoms with Crippen LogP contribution in [0.5, 0.6) is 0 Å². The molecule has 0 saturated heterocycles. The molecule has 0 saturated carbocycles. The lowest BCUT2D eigenvalue weighted by molar-refractivity contribution is -0.118. The Morgan fingerprint density at radius 3 is 2.47 bits per heavy atom. The fourth-order valence-corrected chi connectivity index (χ4v) is 2.01. The summed E-state index contributed by atoms with van der Waals surface area (Å²) < 4.78 is 0. The van der Waals surface area contributed by atoms with E-state index in [9.17, 15) is 9.59 Å². The highest BCUT2D eigenvalue weighted by Crippen LogP contribution is 2.11. The Balaban J connectivity index is 2.52. The van der Waals surface area contributed by atoms with Gasteiger partial charge in [0, 0.05) is 5.69 Å². The first kappa shape index (κ1) is 15.5. The molecule has 0 aliphatic rings. The molecule has 0 radical (unpaired) electrons. The Bertz CT molecular complexity index is 434. The fourth-order valence-electron chi connectivity index (χ4n) is 1.52. The predicted octanol–water partition coefficient (Wildman–Crippen LogP) is 0.733. The van der Waals surface area contributed by atoms with Crippen LogP contribution in [0.3, 0.4) is 0 Å². The zero-order valence-electron chi connectivity index (χ0n) is 10.9. The molecule has 1 aromatic carbocycles. The number of amides is 2. The van der Waals surface area contributed by atoms with E-state index in [1.807, 2.05) is 6.26 Å². The molecule has 19 heavy (non-hydrogen) atoms. The van der Waals surface area contributed by atoms with Crippen molar-refractivity contribution in [3.63, 3.8) is 0 Å². The minimum Gasteiger partial charge on any atom is -0.369 e. The third-order valence-electron chi connectivity index (χ3n) is 2.57. The van der Waals surface area contributed by atoms with E-state index < -0.39 is 6.04 Å². The maximum Gasteiger partial charge on any atom is 0.241 e. The van der Waals surface area contributed by atoms with Crippen LogP contribution in [-0.4, -0.2) is 29.9 Å². The van der Waals surface area contributed by atoms with E-state index in [0.29, 0.717) is 12.1 Å². The number of nitrogens with one attached hydrogen (secondary N) is 1. The Morgan fingerprint density at radius 2 is 1.95 bits per heavy atom. The molecular formula is C13H19N3O2S. The number of benzene rings is 1. The third kappa shape index (κ3) is 5.76. The van der Waals surface area contributed by atoms with Gasteiger partial charge in [-0.05, 0) is 36.1 Å². The summed E-state index contributed by atoms with van der Waals surface area (Å²) in [6, 6.07) is 6.48. The highest BCUT2D eigenvalue weighted by molar-refractivity contribution is 7.98. The molecular weight excluding hydrogens is 262 g/mol. The van der Waals surface area contributed by atoms with Gasteiger partial charge in [0.2, 0.25) is 11.8 Å². The van der Waals surface area contributed by atoms with Crippen LogP contribution in [0, 0.1) is 0 Å². The van der Waals surface area contributed by atoms with Crippen molar-refractivity contribution in [2.75, 3.05) is 17.3 Å². The molecule has 0 heterocycles. The van der Waals surface area contributed by atoms with Crippen LogP contribution in [0.1, 0.15) is 12.0 Å². The van der Waals surface area contributed by atoms with Gasteiger partial charge < -0.3 is 16.8 Å². The molecule has 1 rings (SSSR count). The molecule has 104 valence electrons. The minimum absolute atomic E-state index is 0.196. The van der Waals surface area contributed by atoms with Gasteiger partial charge in [0.05, 0.1) is 12.5 Å². The molecule has 0 bridgehead atoms. The van der Waals surface area contributed by atoms with Crippen LogP contribution >= 0.6 is 11.8 Å². The van der Waals surface area contributed by atoms with E-state index in [4.69, 9.17) is 11.5 Å². The summed E-state index contributed by atoms with van der Waals surface area (Å²) in [6.45, 7) is 0. The highest BCUT2D eigenvalue weighted by Gasteiger charge is 2.12. The van der Waals surface area contributed by atoms with Crippen LogP contribution in [0.15, 0.2) is 24.3 Å². The van der Waals surface area contributed by atoms with Crippen LogP contribution in [0.4, 0.5) is 5.69 Å². The number of thioether (sulfide) groups is 1. The lowest BCUT2D eigenvalue weighted by Gasteiger charge is -2.11. The average molecular weight is 281 g/mol. The summed E-state index contributed by atoms with van der Waals surface area (Å²) in [7, 11) is 0. The number of hydrogen-bond donors (Lipinski definition) is 3. The van der Waals surface area contributed by atoms with Gasteiger partial charge in [-0.3, -0.25) is 9.59 Å². The average Bonchev–Trinajstić information content (AvgIpc) is 2.37. The predicted molar refractivity (Wildman–Crippen MR) is 78.9 cm³/mol. The molecule has 0 fully saturated rings. The van der Waals surface area contributed by atoms with Gasteiger partial charge in [-0.25, -0.2) is 0 Å². The normalized spacial score (nSPS) is 11.9. The molecule has 0 aliphatic carbocycles. The molecule has 5 nitrogen and oxygen atoms in total. The van der Waals surface area contributed by atoms with Crippen LogP contribution in [0.25, 0.3) is 0 Å². The van der Waals surface area contributed by atoms with E-state index in [1.54, 1.807) is 36.0 Å². The van der Waals surface area contributed by atoms with Gasteiger partial charge in [0.25, 0.3) is 0 Å². The third-order valence-corrected chi connectivity index (χ3v) is 3.21. The summed E-state index contributed by atoms with van der Waals surface area (Å²) in [5.41, 5.74) is 12.3. The smallest absolute Gasteiger partial charge is 0.241 e. The molecule has 0 aliphatic heterocycles. The van der Waals surface area contributed by atoms with E-state index in [0.717, 1.165) is 11.3 Å². The molecule has 1 aromatic rings. The SMILES string of the molecule is CSCC[C@H](N)C(=O)Nc1ccc(CC(N)=O)cc1. The Hall–Kier alpha value is -1.53. The zero-order valence-corrected chi connectivity index (χ0v) is 11.7. The lowest BCUT2D eigenvalue weighted by atomic mass is 10.1. The molecule has 0 aromatic heterocycles.